The van der Waals surface area contributed by atoms with Crippen LogP contribution in [-0.2, 0) is 11.3 Å². The van der Waals surface area contributed by atoms with Crippen molar-refractivity contribution in [3.05, 3.63) is 77.3 Å². The number of anilines is 1. The predicted molar refractivity (Wildman–Crippen MR) is 144 cm³/mol. The lowest BCUT2D eigenvalue weighted by Gasteiger charge is -2.39. The number of halogens is 1. The molecule has 0 bridgehead atoms. The van der Waals surface area contributed by atoms with Crippen molar-refractivity contribution in [3.63, 3.8) is 0 Å². The van der Waals surface area contributed by atoms with Gasteiger partial charge in [-0.25, -0.2) is 19.0 Å². The molecule has 8 nitrogen and oxygen atoms in total. The molecule has 0 spiro atoms. The van der Waals surface area contributed by atoms with Crippen molar-refractivity contribution in [3.8, 4) is 5.69 Å². The van der Waals surface area contributed by atoms with E-state index in [1.165, 1.54) is 22.5 Å². The van der Waals surface area contributed by atoms with Crippen LogP contribution in [0.25, 0.3) is 26.8 Å². The Morgan fingerprint density at radius 2 is 2.03 bits per heavy atom. The molecule has 2 aromatic carbocycles. The Balaban J connectivity index is 1.22. The summed E-state index contributed by atoms with van der Waals surface area (Å²) >= 11 is 1.69. The summed E-state index contributed by atoms with van der Waals surface area (Å²) in [6.45, 7) is 4.13. The van der Waals surface area contributed by atoms with Gasteiger partial charge >= 0.3 is 0 Å². The third-order valence-corrected chi connectivity index (χ3v) is 7.99. The topological polar surface area (TPSA) is 79.2 Å². The van der Waals surface area contributed by atoms with E-state index in [9.17, 15) is 9.18 Å². The Bertz CT molecular complexity index is 1610. The minimum absolute atomic E-state index is 0.0152. The van der Waals surface area contributed by atoms with E-state index < -0.39 is 0 Å². The maximum Gasteiger partial charge on any atom is 0.239 e. The minimum Gasteiger partial charge on any atom is -0.353 e. The highest BCUT2D eigenvalue weighted by Gasteiger charge is 2.31. The third kappa shape index (κ3) is 4.42. The molecular weight excluding hydrogens is 489 g/mol. The fourth-order valence-corrected chi connectivity index (χ4v) is 5.72. The van der Waals surface area contributed by atoms with Gasteiger partial charge in [0.15, 0.2) is 5.65 Å². The first-order valence-electron chi connectivity index (χ1n) is 12.1. The van der Waals surface area contributed by atoms with Crippen LogP contribution in [0.4, 0.5) is 10.2 Å². The van der Waals surface area contributed by atoms with Crippen molar-refractivity contribution < 1.29 is 9.18 Å². The number of rotatable bonds is 5. The maximum atomic E-state index is 14.2. The normalized spacial score (nSPS) is 16.5. The molecule has 1 amide bonds. The number of amides is 1. The van der Waals surface area contributed by atoms with E-state index in [1.54, 1.807) is 29.0 Å². The smallest absolute Gasteiger partial charge is 0.239 e. The molecule has 6 rings (SSSR count). The molecular formula is C27H26FN7OS. The minimum atomic E-state index is -0.329. The van der Waals surface area contributed by atoms with Gasteiger partial charge in [0.25, 0.3) is 0 Å². The molecule has 0 aliphatic carbocycles. The van der Waals surface area contributed by atoms with Crippen LogP contribution in [0, 0.1) is 12.7 Å². The van der Waals surface area contributed by atoms with Crippen molar-refractivity contribution in [2.24, 2.45) is 0 Å². The van der Waals surface area contributed by atoms with Gasteiger partial charge in [-0.05, 0) is 54.1 Å². The number of aryl methyl sites for hydroxylation is 1. The fraction of sp³-hybridized carbons (Fsp3) is 0.259. The van der Waals surface area contributed by atoms with E-state index in [2.05, 4.69) is 47.7 Å². The SMILES string of the molecule is Cc1ccc(-n2cc3c(N4CCN(C)C(C(=O)NCc5csc6ccccc56)C4)ncnc3n2)cc1F. The summed E-state index contributed by atoms with van der Waals surface area (Å²) < 4.78 is 17.0. The van der Waals surface area contributed by atoms with Crippen LogP contribution in [0.15, 0.2) is 60.4 Å². The van der Waals surface area contributed by atoms with Gasteiger partial charge < -0.3 is 10.2 Å². The number of hydrogen-bond donors (Lipinski definition) is 1. The molecule has 1 aliphatic rings. The van der Waals surface area contributed by atoms with Crippen LogP contribution in [0.1, 0.15) is 11.1 Å². The lowest BCUT2D eigenvalue weighted by atomic mass is 10.1. The van der Waals surface area contributed by atoms with E-state index in [0.29, 0.717) is 43.1 Å². The number of nitrogens with zero attached hydrogens (tertiary/aromatic N) is 6. The van der Waals surface area contributed by atoms with Gasteiger partial charge in [-0.1, -0.05) is 24.3 Å². The number of thiophene rings is 1. The summed E-state index contributed by atoms with van der Waals surface area (Å²) in [5.74, 6) is 0.420. The molecule has 5 aromatic rings. The molecule has 0 radical (unpaired) electrons. The quantitative estimate of drug-likeness (QED) is 0.382. The van der Waals surface area contributed by atoms with E-state index in [4.69, 9.17) is 0 Å². The van der Waals surface area contributed by atoms with Crippen molar-refractivity contribution >= 4 is 44.2 Å². The van der Waals surface area contributed by atoms with Crippen LogP contribution in [0.3, 0.4) is 0 Å². The number of benzene rings is 2. The number of carbonyl (C=O) groups excluding carboxylic acids is 1. The molecule has 1 aliphatic heterocycles. The largest absolute Gasteiger partial charge is 0.353 e. The fourth-order valence-electron chi connectivity index (χ4n) is 4.75. The summed E-state index contributed by atoms with van der Waals surface area (Å²) in [5.41, 5.74) is 2.84. The summed E-state index contributed by atoms with van der Waals surface area (Å²) in [6, 6.07) is 12.9. The predicted octanol–water partition coefficient (Wildman–Crippen LogP) is 3.91. The zero-order valence-electron chi connectivity index (χ0n) is 20.6. The average molecular weight is 516 g/mol. The van der Waals surface area contributed by atoms with Crippen molar-refractivity contribution in [2.45, 2.75) is 19.5 Å². The highest BCUT2D eigenvalue weighted by atomic mass is 32.1. The van der Waals surface area contributed by atoms with Gasteiger partial charge in [0.2, 0.25) is 5.91 Å². The molecule has 1 saturated heterocycles. The van der Waals surface area contributed by atoms with Crippen molar-refractivity contribution in [1.29, 1.82) is 0 Å². The van der Waals surface area contributed by atoms with E-state index >= 15 is 0 Å². The molecule has 1 N–H and O–H groups in total. The van der Waals surface area contributed by atoms with Gasteiger partial charge in [0.1, 0.15) is 24.0 Å². The monoisotopic (exact) mass is 515 g/mol. The summed E-state index contributed by atoms with van der Waals surface area (Å²) in [6.07, 6.45) is 3.31. The van der Waals surface area contributed by atoms with Crippen LogP contribution >= 0.6 is 11.3 Å². The first-order chi connectivity index (χ1) is 18.0. The molecule has 37 heavy (non-hydrogen) atoms. The second-order valence-electron chi connectivity index (χ2n) is 9.36. The Hall–Kier alpha value is -3.89. The zero-order chi connectivity index (χ0) is 25.5. The number of carbonyl (C=O) groups is 1. The highest BCUT2D eigenvalue weighted by molar-refractivity contribution is 7.17. The second-order valence-corrected chi connectivity index (χ2v) is 10.3. The summed E-state index contributed by atoms with van der Waals surface area (Å²) in [4.78, 5) is 26.3. The molecule has 188 valence electrons. The van der Waals surface area contributed by atoms with Gasteiger partial charge in [-0.15, -0.1) is 16.4 Å². The Labute approximate surface area is 217 Å². The molecule has 3 aromatic heterocycles. The lowest BCUT2D eigenvalue weighted by Crippen LogP contribution is -2.57. The van der Waals surface area contributed by atoms with Gasteiger partial charge in [-0.2, -0.15) is 0 Å². The highest BCUT2D eigenvalue weighted by Crippen LogP contribution is 2.27. The number of hydrogen-bond acceptors (Lipinski definition) is 7. The Morgan fingerprint density at radius 3 is 2.89 bits per heavy atom. The average Bonchev–Trinajstić information content (AvgIpc) is 3.53. The molecule has 1 unspecified atom stereocenters. The van der Waals surface area contributed by atoms with Crippen molar-refractivity contribution in [2.75, 3.05) is 31.6 Å². The van der Waals surface area contributed by atoms with Gasteiger partial charge in [0, 0.05) is 37.1 Å². The van der Waals surface area contributed by atoms with Crippen LogP contribution in [0.5, 0.6) is 0 Å². The molecule has 4 heterocycles. The molecule has 1 fully saturated rings. The van der Waals surface area contributed by atoms with Crippen LogP contribution in [0.2, 0.25) is 0 Å². The maximum absolute atomic E-state index is 14.2. The number of nitrogens with one attached hydrogen (secondary N) is 1. The Morgan fingerprint density at radius 1 is 1.16 bits per heavy atom. The summed E-state index contributed by atoms with van der Waals surface area (Å²) in [7, 11) is 1.97. The number of fused-ring (bicyclic) bond motifs is 2. The summed E-state index contributed by atoms with van der Waals surface area (Å²) in [5, 5.41) is 11.7. The van der Waals surface area contributed by atoms with Gasteiger partial charge in [-0.3, -0.25) is 9.69 Å². The first kappa shape index (κ1) is 23.5. The molecule has 0 saturated carbocycles. The van der Waals surface area contributed by atoms with Gasteiger partial charge in [0.05, 0.1) is 11.1 Å². The second kappa shape index (κ2) is 9.53. The standard InChI is InChI=1S/C27H26FN7OS/c1-17-7-8-19(11-22(17)28)35-13-21-25(32-35)30-16-31-26(21)34-10-9-33(2)23(14-34)27(36)29-12-18-15-37-24-6-4-3-5-20(18)24/h3-8,11,13,15-16,23H,9-10,12,14H2,1-2H3,(H,29,36). The van der Waals surface area contributed by atoms with E-state index in [1.807, 2.05) is 31.4 Å². The lowest BCUT2D eigenvalue weighted by molar-refractivity contribution is -0.126. The van der Waals surface area contributed by atoms with Crippen molar-refractivity contribution in [1.82, 2.24) is 30.0 Å². The molecule has 10 heteroatoms. The van der Waals surface area contributed by atoms with Crippen LogP contribution in [-0.4, -0.2) is 63.3 Å². The third-order valence-electron chi connectivity index (χ3n) is 6.98. The van der Waals surface area contributed by atoms with Crippen LogP contribution < -0.4 is 10.2 Å². The number of aromatic nitrogens is 4. The van der Waals surface area contributed by atoms with E-state index in [-0.39, 0.29) is 17.8 Å². The first-order valence-corrected chi connectivity index (χ1v) is 13.0. The number of piperazine rings is 1. The Kier molecular flexibility index (Phi) is 6.05. The molecule has 1 atom stereocenters. The van der Waals surface area contributed by atoms with E-state index in [0.717, 1.165) is 16.8 Å². The number of likely N-dealkylation sites (N-methyl/N-ethyl adjacent to an activating group) is 1. The zero-order valence-corrected chi connectivity index (χ0v) is 21.4.